The Bertz CT molecular complexity index is 1380. The number of fused-ring (bicyclic) bond motifs is 1. The lowest BCUT2D eigenvalue weighted by Crippen LogP contribution is -2.35. The molecule has 34 heavy (non-hydrogen) atoms. The van der Waals surface area contributed by atoms with Crippen LogP contribution in [0.4, 0.5) is 21.6 Å². The quantitative estimate of drug-likeness (QED) is 0.415. The highest BCUT2D eigenvalue weighted by Gasteiger charge is 2.18. The van der Waals surface area contributed by atoms with Crippen molar-refractivity contribution in [1.29, 1.82) is 0 Å². The van der Waals surface area contributed by atoms with Crippen molar-refractivity contribution >= 4 is 28.1 Å². The number of nitrogens with zero attached hydrogens (tertiary/aromatic N) is 3. The first-order chi connectivity index (χ1) is 16.5. The van der Waals surface area contributed by atoms with E-state index in [1.807, 2.05) is 12.1 Å². The SMILES string of the molecule is COc1ccc(F)c(-c2cc(Nc3ccc(N4CCC(O)CC4)cn3)c3c(=O)[nH]ccc3n2)c1. The topological polar surface area (TPSA) is 103 Å². The van der Waals surface area contributed by atoms with E-state index in [1.54, 1.807) is 24.4 Å². The fourth-order valence-electron chi connectivity index (χ4n) is 4.17. The number of halogens is 1. The second kappa shape index (κ2) is 9.11. The maximum absolute atomic E-state index is 14.7. The summed E-state index contributed by atoms with van der Waals surface area (Å²) in [5.74, 6) is 0.590. The van der Waals surface area contributed by atoms with E-state index in [4.69, 9.17) is 4.74 Å². The molecule has 1 saturated heterocycles. The Morgan fingerprint density at radius 2 is 2.00 bits per heavy atom. The van der Waals surface area contributed by atoms with Gasteiger partial charge in [-0.2, -0.15) is 0 Å². The van der Waals surface area contributed by atoms with Gasteiger partial charge in [-0.3, -0.25) is 4.79 Å². The number of aliphatic hydroxyl groups excluding tert-OH is 1. The van der Waals surface area contributed by atoms with Crippen molar-refractivity contribution in [1.82, 2.24) is 15.0 Å². The van der Waals surface area contributed by atoms with Gasteiger partial charge >= 0.3 is 0 Å². The van der Waals surface area contributed by atoms with Gasteiger partial charge in [-0.05, 0) is 55.3 Å². The van der Waals surface area contributed by atoms with Gasteiger partial charge < -0.3 is 25.0 Å². The van der Waals surface area contributed by atoms with Gasteiger partial charge in [-0.1, -0.05) is 0 Å². The molecule has 0 aliphatic carbocycles. The molecule has 0 radical (unpaired) electrons. The van der Waals surface area contributed by atoms with Crippen LogP contribution in [0.25, 0.3) is 22.2 Å². The summed E-state index contributed by atoms with van der Waals surface area (Å²) in [4.78, 5) is 26.5. The zero-order valence-corrected chi connectivity index (χ0v) is 18.6. The summed E-state index contributed by atoms with van der Waals surface area (Å²) in [7, 11) is 1.51. The van der Waals surface area contributed by atoms with Crippen LogP contribution in [0, 0.1) is 5.82 Å². The van der Waals surface area contributed by atoms with Crippen LogP contribution < -0.4 is 20.5 Å². The van der Waals surface area contributed by atoms with Crippen molar-refractivity contribution in [2.24, 2.45) is 0 Å². The Morgan fingerprint density at radius 1 is 1.18 bits per heavy atom. The number of aliphatic hydroxyl groups is 1. The molecular formula is C25H24FN5O3. The molecule has 1 aromatic carbocycles. The van der Waals surface area contributed by atoms with Gasteiger partial charge in [0.25, 0.3) is 5.56 Å². The molecule has 4 aromatic rings. The fourth-order valence-corrected chi connectivity index (χ4v) is 4.17. The van der Waals surface area contributed by atoms with Crippen molar-refractivity contribution in [2.75, 3.05) is 30.4 Å². The molecule has 0 spiro atoms. The summed E-state index contributed by atoms with van der Waals surface area (Å²) in [6.45, 7) is 1.55. The number of H-pyrrole nitrogens is 1. The first kappa shape index (κ1) is 21.8. The summed E-state index contributed by atoms with van der Waals surface area (Å²) < 4.78 is 19.9. The van der Waals surface area contributed by atoms with Crippen LogP contribution in [0.2, 0.25) is 0 Å². The van der Waals surface area contributed by atoms with Crippen molar-refractivity contribution in [3.05, 3.63) is 71.0 Å². The zero-order valence-electron chi connectivity index (χ0n) is 18.6. The molecule has 5 rings (SSSR count). The smallest absolute Gasteiger partial charge is 0.259 e. The summed E-state index contributed by atoms with van der Waals surface area (Å²) in [6, 6.07) is 11.5. The fraction of sp³-hybridized carbons (Fsp3) is 0.240. The highest BCUT2D eigenvalue weighted by molar-refractivity contribution is 5.94. The van der Waals surface area contributed by atoms with Crippen LogP contribution in [-0.4, -0.2) is 46.4 Å². The lowest BCUT2D eigenvalue weighted by molar-refractivity contribution is 0.145. The van der Waals surface area contributed by atoms with Gasteiger partial charge in [0.2, 0.25) is 0 Å². The summed E-state index contributed by atoms with van der Waals surface area (Å²) in [5.41, 5.74) is 2.17. The molecule has 174 valence electrons. The van der Waals surface area contributed by atoms with Crippen molar-refractivity contribution in [3.63, 3.8) is 0 Å². The van der Waals surface area contributed by atoms with E-state index in [0.29, 0.717) is 33.9 Å². The third-order valence-corrected chi connectivity index (χ3v) is 6.02. The monoisotopic (exact) mass is 461 g/mol. The number of anilines is 3. The van der Waals surface area contributed by atoms with Crippen LogP contribution in [-0.2, 0) is 0 Å². The Labute approximate surface area is 195 Å². The van der Waals surface area contributed by atoms with Crippen LogP contribution in [0.3, 0.4) is 0 Å². The van der Waals surface area contributed by atoms with E-state index in [0.717, 1.165) is 31.6 Å². The van der Waals surface area contributed by atoms with Gasteiger partial charge in [-0.25, -0.2) is 14.4 Å². The van der Waals surface area contributed by atoms with E-state index in [2.05, 4.69) is 25.2 Å². The normalized spacial score (nSPS) is 14.4. The molecule has 1 aliphatic heterocycles. The average Bonchev–Trinajstić information content (AvgIpc) is 2.85. The van der Waals surface area contributed by atoms with E-state index < -0.39 is 5.82 Å². The largest absolute Gasteiger partial charge is 0.497 e. The number of nitrogens with one attached hydrogen (secondary N) is 2. The van der Waals surface area contributed by atoms with Crippen molar-refractivity contribution < 1.29 is 14.2 Å². The van der Waals surface area contributed by atoms with Gasteiger partial charge in [0.1, 0.15) is 17.4 Å². The molecular weight excluding hydrogens is 437 g/mol. The third-order valence-electron chi connectivity index (χ3n) is 6.02. The lowest BCUT2D eigenvalue weighted by Gasteiger charge is -2.31. The summed E-state index contributed by atoms with van der Waals surface area (Å²) in [5, 5.41) is 13.3. The highest BCUT2D eigenvalue weighted by Crippen LogP contribution is 2.32. The molecule has 0 saturated carbocycles. The molecule has 1 fully saturated rings. The molecule has 9 heteroatoms. The van der Waals surface area contributed by atoms with Crippen LogP contribution in [0.5, 0.6) is 5.75 Å². The average molecular weight is 461 g/mol. The Hall–Kier alpha value is -3.98. The predicted octanol–water partition coefficient (Wildman–Crippen LogP) is 3.84. The van der Waals surface area contributed by atoms with Gasteiger partial charge in [0.05, 0.1) is 47.4 Å². The molecule has 4 heterocycles. The molecule has 0 atom stereocenters. The van der Waals surface area contributed by atoms with Gasteiger partial charge in [-0.15, -0.1) is 0 Å². The minimum Gasteiger partial charge on any atom is -0.497 e. The molecule has 3 aromatic heterocycles. The number of methoxy groups -OCH3 is 1. The number of hydrogen-bond acceptors (Lipinski definition) is 7. The van der Waals surface area contributed by atoms with Crippen LogP contribution >= 0.6 is 0 Å². The first-order valence-electron chi connectivity index (χ1n) is 11.0. The number of rotatable bonds is 5. The van der Waals surface area contributed by atoms with E-state index in [9.17, 15) is 14.3 Å². The van der Waals surface area contributed by atoms with Crippen LogP contribution in [0.1, 0.15) is 12.8 Å². The lowest BCUT2D eigenvalue weighted by atomic mass is 10.1. The van der Waals surface area contributed by atoms with Crippen molar-refractivity contribution in [2.45, 2.75) is 18.9 Å². The minimum absolute atomic E-state index is 0.244. The molecule has 3 N–H and O–H groups in total. The zero-order chi connectivity index (χ0) is 23.7. The van der Waals surface area contributed by atoms with E-state index >= 15 is 0 Å². The minimum atomic E-state index is -0.447. The molecule has 0 unspecified atom stereocenters. The maximum Gasteiger partial charge on any atom is 0.259 e. The number of hydrogen-bond donors (Lipinski definition) is 3. The van der Waals surface area contributed by atoms with Crippen LogP contribution in [0.15, 0.2) is 59.7 Å². The van der Waals surface area contributed by atoms with Gasteiger partial charge in [0, 0.05) is 24.8 Å². The molecule has 1 aliphatic rings. The van der Waals surface area contributed by atoms with E-state index in [-0.39, 0.29) is 17.2 Å². The number of benzene rings is 1. The summed E-state index contributed by atoms with van der Waals surface area (Å²) >= 11 is 0. The Morgan fingerprint density at radius 3 is 2.74 bits per heavy atom. The highest BCUT2D eigenvalue weighted by atomic mass is 19.1. The summed E-state index contributed by atoms with van der Waals surface area (Å²) in [6.07, 6.45) is 4.49. The Kier molecular flexibility index (Phi) is 5.85. The van der Waals surface area contributed by atoms with Gasteiger partial charge in [0.15, 0.2) is 0 Å². The molecule has 0 bridgehead atoms. The number of pyridine rings is 3. The van der Waals surface area contributed by atoms with E-state index in [1.165, 1.54) is 25.4 Å². The number of aromatic amines is 1. The van der Waals surface area contributed by atoms with Crippen molar-refractivity contribution in [3.8, 4) is 17.0 Å². The Balaban J connectivity index is 1.52. The third kappa shape index (κ3) is 4.29. The number of piperidine rings is 1. The standard InChI is InChI=1S/C25H24FN5O3/c1-34-17-3-4-19(26)18(12-17)21-13-22(24-20(29-21)6-9-27-25(24)33)30-23-5-2-15(14-28-23)31-10-7-16(32)8-11-31/h2-6,9,12-14,16,32H,7-8,10-11H2,1H3,(H,27,33)(H,28,29,30). The second-order valence-corrected chi connectivity index (χ2v) is 8.21. The number of ether oxygens (including phenoxy) is 1. The second-order valence-electron chi connectivity index (χ2n) is 8.21. The maximum atomic E-state index is 14.7. The first-order valence-corrected chi connectivity index (χ1v) is 11.0. The molecule has 0 amide bonds. The predicted molar refractivity (Wildman–Crippen MR) is 129 cm³/mol. The number of aromatic nitrogens is 3. The molecule has 8 nitrogen and oxygen atoms in total.